The summed E-state index contributed by atoms with van der Waals surface area (Å²) < 4.78 is 80.3. The molecule has 12 heterocycles. The topological polar surface area (TPSA) is 477 Å². The molecule has 18 rings (SSSR count). The fourth-order valence-electron chi connectivity index (χ4n) is 15.2. The normalized spacial score (nSPS) is 23.3. The number of hydrogen-bond acceptors (Lipinski definition) is 27. The van der Waals surface area contributed by atoms with Crippen molar-refractivity contribution in [3.63, 3.8) is 0 Å². The van der Waals surface area contributed by atoms with Gasteiger partial charge in [0.2, 0.25) is 0 Å². The summed E-state index contributed by atoms with van der Waals surface area (Å²) in [6.45, 7) is 7.44. The lowest BCUT2D eigenvalue weighted by Gasteiger charge is -2.21. The predicted octanol–water partition coefficient (Wildman–Crippen LogP) is 10.1. The molecule has 0 bridgehead atoms. The number of carboxylic acids is 3. The minimum atomic E-state index is -1.02. The van der Waals surface area contributed by atoms with Gasteiger partial charge in [-0.05, 0) is 67.3 Å². The number of fused-ring (bicyclic) bond motifs is 6. The minimum absolute atomic E-state index is 0.0820. The lowest BCUT2D eigenvalue weighted by molar-refractivity contribution is -0.158. The number of imidazole rings is 3. The Morgan fingerprint density at radius 2 is 0.672 bits per heavy atom. The smallest absolute Gasteiger partial charge is 0.336 e. The van der Waals surface area contributed by atoms with Crippen LogP contribution in [-0.2, 0) is 76.7 Å². The summed E-state index contributed by atoms with van der Waals surface area (Å²) in [6, 6.07) is 47.9. The second kappa shape index (κ2) is 39.3. The highest BCUT2D eigenvalue weighted by molar-refractivity contribution is 5.98. The highest BCUT2D eigenvalue weighted by atomic mass is 16.8. The standard InChI is InChI=1S/C30H30N6O7.2C28H28N6O7/c1-2-31-30(39)35-26-23-27(33-16-32-26)36(17-34-23)28-25-24(42-22(43-25)13-12-18-8-4-3-5-9-18)21(41-28)15-40-14-19-10-6-7-11-20(19)29(37)38;2*1-2-29-28(37)33-23-20-24(31-14-30-23)34(15-32-20)25-22-21(40-27(41-22)16-8-4-3-5-9-16)19(39-25)13-38-12-17-10-6-7-11-18(17)26(35)36/h3-13,16-17,21-22,24-25,28H,2,14-15H2,1H3,(H,37,38)(H2,31,32,33,35,39);2*3-11,14-15,19,21-22,25,27H,2,12-13H2,1H3,(H,35,36)(H2,29,30,31,33,37)/b13-12+;;/t21?,22-,24?,25?,28?;2*19?,21?,22?,25?,27-/m000/s1. The van der Waals surface area contributed by atoms with E-state index in [0.717, 1.165) is 16.7 Å². The first kappa shape index (κ1) is 85.0. The fraction of sp³-hybridized carbons (Fsp3) is 0.314. The summed E-state index contributed by atoms with van der Waals surface area (Å²) in [5.74, 6) is -2.28. The number of carbonyl (C=O) groups is 6. The average Bonchev–Trinajstić information content (AvgIpc) is 1.60. The molecule has 0 aliphatic carbocycles. The number of aromatic carboxylic acids is 3. The van der Waals surface area contributed by atoms with E-state index in [1.54, 1.807) is 99.4 Å². The first-order chi connectivity index (χ1) is 61.1. The fourth-order valence-corrected chi connectivity index (χ4v) is 15.2. The van der Waals surface area contributed by atoms with E-state index >= 15 is 0 Å². The van der Waals surface area contributed by atoms with Crippen LogP contribution in [0, 0.1) is 0 Å². The molecule has 12 unspecified atom stereocenters. The van der Waals surface area contributed by atoms with Gasteiger partial charge in [0, 0.05) is 30.8 Å². The number of urea groups is 3. The third kappa shape index (κ3) is 19.2. The minimum Gasteiger partial charge on any atom is -0.478 e. The quantitative estimate of drug-likeness (QED) is 0.0220. The molecule has 39 nitrogen and oxygen atoms in total. The Bertz CT molecular complexity index is 5610. The van der Waals surface area contributed by atoms with Crippen molar-refractivity contribution in [2.45, 2.75) is 133 Å². The van der Waals surface area contributed by atoms with Crippen molar-refractivity contribution in [2.75, 3.05) is 55.4 Å². The van der Waals surface area contributed by atoms with Gasteiger partial charge in [-0.15, -0.1) is 0 Å². The van der Waals surface area contributed by atoms with E-state index in [1.807, 2.05) is 124 Å². The van der Waals surface area contributed by atoms with Crippen molar-refractivity contribution in [2.24, 2.45) is 0 Å². The van der Waals surface area contributed by atoms with Crippen LogP contribution in [0.2, 0.25) is 0 Å². The molecule has 646 valence electrons. The van der Waals surface area contributed by atoms with Gasteiger partial charge in [-0.3, -0.25) is 29.7 Å². The maximum atomic E-state index is 12.1. The van der Waals surface area contributed by atoms with E-state index in [0.29, 0.717) is 69.8 Å². The van der Waals surface area contributed by atoms with Crippen LogP contribution in [0.5, 0.6) is 0 Å². The molecule has 39 heteroatoms. The molecule has 15 atom stereocenters. The molecule has 0 spiro atoms. The molecule has 6 aliphatic heterocycles. The van der Waals surface area contributed by atoms with E-state index in [1.165, 1.54) is 25.0 Å². The van der Waals surface area contributed by atoms with Gasteiger partial charge in [0.05, 0.1) is 75.3 Å². The number of nitrogens with zero attached hydrogens (tertiary/aromatic N) is 12. The average molecular weight is 1710 g/mol. The lowest BCUT2D eigenvalue weighted by Crippen LogP contribution is -2.32. The van der Waals surface area contributed by atoms with Gasteiger partial charge < -0.3 is 88.1 Å². The molecule has 6 amide bonds. The molecule has 6 aromatic heterocycles. The number of ether oxygens (including phenoxy) is 12. The van der Waals surface area contributed by atoms with Gasteiger partial charge in [0.25, 0.3) is 0 Å². The van der Waals surface area contributed by atoms with Crippen LogP contribution in [0.15, 0.2) is 208 Å². The number of aromatic nitrogens is 12. The van der Waals surface area contributed by atoms with Gasteiger partial charge in [0.15, 0.2) is 88.5 Å². The first-order valence-electron chi connectivity index (χ1n) is 40.1. The summed E-state index contributed by atoms with van der Waals surface area (Å²) in [6.07, 6.45) is 3.84. The molecule has 6 aliphatic rings. The zero-order chi connectivity index (χ0) is 86.5. The van der Waals surface area contributed by atoms with Crippen LogP contribution < -0.4 is 31.9 Å². The second-order valence-electron chi connectivity index (χ2n) is 28.9. The highest BCUT2D eigenvalue weighted by Crippen LogP contribution is 2.48. The maximum absolute atomic E-state index is 12.1. The third-order valence-corrected chi connectivity index (χ3v) is 20.9. The Kier molecular flexibility index (Phi) is 26.7. The molecule has 0 radical (unpaired) electrons. The molecule has 6 saturated heterocycles. The van der Waals surface area contributed by atoms with Crippen molar-refractivity contribution < 1.29 is 101 Å². The van der Waals surface area contributed by atoms with Crippen LogP contribution >= 0.6 is 0 Å². The SMILES string of the molecule is CCNC(=O)Nc1ncnc2c1ncn2C1OC(COCc2ccccc2C(=O)O)C2O[C@H](/C=C/c3ccccc3)OC21.CCNC(=O)Nc1ncnc2c1ncn2C1OC(COCc2ccccc2C(=O)O)C2O[C@H](c3ccccc3)OC21.CCNC(=O)Nc1ncnc2c1ncn2C1OC(COCc2ccccc2C(=O)O)C2O[C@H](c3ccccc3)OC21. The van der Waals surface area contributed by atoms with Crippen molar-refractivity contribution >= 4 is 93.0 Å². The summed E-state index contributed by atoms with van der Waals surface area (Å²) in [7, 11) is 0. The van der Waals surface area contributed by atoms with E-state index < -0.39 is 128 Å². The van der Waals surface area contributed by atoms with Crippen LogP contribution in [0.4, 0.5) is 31.8 Å². The first-order valence-corrected chi connectivity index (χ1v) is 40.1. The summed E-state index contributed by atoms with van der Waals surface area (Å²) >= 11 is 0. The largest absolute Gasteiger partial charge is 0.478 e. The van der Waals surface area contributed by atoms with Crippen molar-refractivity contribution in [3.05, 3.63) is 258 Å². The van der Waals surface area contributed by atoms with E-state index in [-0.39, 0.29) is 73.8 Å². The molecular formula is C86H86N18O21. The highest BCUT2D eigenvalue weighted by Gasteiger charge is 2.57. The Morgan fingerprint density at radius 1 is 0.368 bits per heavy atom. The lowest BCUT2D eigenvalue weighted by atomic mass is 10.1. The number of benzene rings is 6. The number of anilines is 3. The number of nitrogens with one attached hydrogen (secondary N) is 6. The number of carboxylic acid groups (broad SMARTS) is 3. The van der Waals surface area contributed by atoms with Gasteiger partial charge in [-0.1, -0.05) is 152 Å². The molecule has 6 aromatic carbocycles. The van der Waals surface area contributed by atoms with E-state index in [9.17, 15) is 44.1 Å². The molecule has 6 fully saturated rings. The van der Waals surface area contributed by atoms with Crippen LogP contribution in [0.3, 0.4) is 0 Å². The number of hydrogen-bond donors (Lipinski definition) is 9. The monoisotopic (exact) mass is 1710 g/mol. The number of carbonyl (C=O) groups excluding carboxylic acids is 3. The number of rotatable bonds is 28. The van der Waals surface area contributed by atoms with Crippen LogP contribution in [-0.4, -0.2) is 211 Å². The Balaban J connectivity index is 0.000000138. The van der Waals surface area contributed by atoms with Crippen LogP contribution in [0.25, 0.3) is 39.6 Å². The summed E-state index contributed by atoms with van der Waals surface area (Å²) in [5.41, 5.74) is 7.43. The van der Waals surface area contributed by atoms with Crippen LogP contribution in [0.1, 0.15) is 116 Å². The maximum Gasteiger partial charge on any atom is 0.336 e. The van der Waals surface area contributed by atoms with Gasteiger partial charge >= 0.3 is 36.0 Å². The third-order valence-electron chi connectivity index (χ3n) is 20.9. The summed E-state index contributed by atoms with van der Waals surface area (Å²) in [4.78, 5) is 110. The summed E-state index contributed by atoms with van der Waals surface area (Å²) in [5, 5.41) is 44.6. The van der Waals surface area contributed by atoms with Gasteiger partial charge in [-0.25, -0.2) is 73.6 Å². The van der Waals surface area contributed by atoms with E-state index in [4.69, 9.17) is 56.8 Å². The van der Waals surface area contributed by atoms with E-state index in [2.05, 4.69) is 76.8 Å². The van der Waals surface area contributed by atoms with Crippen molar-refractivity contribution in [1.29, 1.82) is 0 Å². The Hall–Kier alpha value is -13.6. The molecule has 9 N–H and O–H groups in total. The number of amides is 6. The second-order valence-corrected chi connectivity index (χ2v) is 28.9. The molecule has 125 heavy (non-hydrogen) atoms. The van der Waals surface area contributed by atoms with Gasteiger partial charge in [-0.2, -0.15) is 0 Å². The molecular weight excluding hydrogens is 1620 g/mol. The Labute approximate surface area is 711 Å². The van der Waals surface area contributed by atoms with Crippen molar-refractivity contribution in [1.82, 2.24) is 74.5 Å². The Morgan fingerprint density at radius 3 is 1.02 bits per heavy atom. The molecule has 12 aromatic rings. The molecule has 0 saturated carbocycles. The zero-order valence-electron chi connectivity index (χ0n) is 67.3. The van der Waals surface area contributed by atoms with Gasteiger partial charge in [0.1, 0.15) is 73.9 Å². The predicted molar refractivity (Wildman–Crippen MR) is 442 cm³/mol. The zero-order valence-corrected chi connectivity index (χ0v) is 67.3. The van der Waals surface area contributed by atoms with Crippen molar-refractivity contribution in [3.8, 4) is 0 Å².